The second kappa shape index (κ2) is 8.93. The van der Waals surface area contributed by atoms with Crippen LogP contribution in [-0.4, -0.2) is 62.2 Å². The average molecular weight is 384 g/mol. The third-order valence-corrected chi connectivity index (χ3v) is 6.04. The molecule has 2 aromatic carbocycles. The number of para-hydroxylation sites is 1. The van der Waals surface area contributed by atoms with Gasteiger partial charge in [-0.1, -0.05) is 24.3 Å². The molecule has 0 saturated carbocycles. The van der Waals surface area contributed by atoms with Crippen LogP contribution in [0.5, 0.6) is 5.75 Å². The van der Waals surface area contributed by atoms with E-state index in [0.717, 1.165) is 57.3 Å². The maximum Gasteiger partial charge on any atom is 0.146 e. The van der Waals surface area contributed by atoms with E-state index in [1.54, 1.807) is 19.2 Å². The van der Waals surface area contributed by atoms with Gasteiger partial charge in [-0.2, -0.15) is 0 Å². The SMILES string of the molecule is COc1cccc(CN2CCC[C@@H](N3CCN(c4ccccc4F)CC3)C2)c1. The number of anilines is 1. The van der Waals surface area contributed by atoms with Crippen LogP contribution in [0.3, 0.4) is 0 Å². The van der Waals surface area contributed by atoms with Gasteiger partial charge >= 0.3 is 0 Å². The van der Waals surface area contributed by atoms with Crippen molar-refractivity contribution in [2.24, 2.45) is 0 Å². The van der Waals surface area contributed by atoms with Gasteiger partial charge < -0.3 is 9.64 Å². The van der Waals surface area contributed by atoms with Gasteiger partial charge in [-0.05, 0) is 49.2 Å². The Balaban J connectivity index is 1.32. The van der Waals surface area contributed by atoms with E-state index < -0.39 is 0 Å². The minimum Gasteiger partial charge on any atom is -0.497 e. The van der Waals surface area contributed by atoms with Gasteiger partial charge in [0.1, 0.15) is 11.6 Å². The summed E-state index contributed by atoms with van der Waals surface area (Å²) >= 11 is 0. The first kappa shape index (κ1) is 19.2. The van der Waals surface area contributed by atoms with Crippen LogP contribution in [0.25, 0.3) is 0 Å². The molecule has 0 aliphatic carbocycles. The van der Waals surface area contributed by atoms with Crippen molar-refractivity contribution in [2.75, 3.05) is 51.3 Å². The predicted octanol–water partition coefficient (Wildman–Crippen LogP) is 3.62. The molecule has 0 unspecified atom stereocenters. The lowest BCUT2D eigenvalue weighted by Gasteiger charge is -2.44. The number of halogens is 1. The third kappa shape index (κ3) is 4.47. The average Bonchev–Trinajstić information content (AvgIpc) is 2.75. The molecule has 28 heavy (non-hydrogen) atoms. The molecule has 0 bridgehead atoms. The van der Waals surface area contributed by atoms with Crippen LogP contribution >= 0.6 is 0 Å². The Morgan fingerprint density at radius 3 is 2.61 bits per heavy atom. The predicted molar refractivity (Wildman–Crippen MR) is 111 cm³/mol. The molecule has 0 spiro atoms. The minimum absolute atomic E-state index is 0.113. The topological polar surface area (TPSA) is 19.0 Å². The summed E-state index contributed by atoms with van der Waals surface area (Å²) in [5.74, 6) is 0.813. The Morgan fingerprint density at radius 1 is 1.00 bits per heavy atom. The summed E-state index contributed by atoms with van der Waals surface area (Å²) in [6.07, 6.45) is 2.50. The van der Waals surface area contributed by atoms with Gasteiger partial charge in [0, 0.05) is 45.3 Å². The van der Waals surface area contributed by atoms with Crippen LogP contribution in [0.1, 0.15) is 18.4 Å². The highest BCUT2D eigenvalue weighted by Gasteiger charge is 2.28. The van der Waals surface area contributed by atoms with E-state index in [9.17, 15) is 4.39 Å². The summed E-state index contributed by atoms with van der Waals surface area (Å²) in [6, 6.07) is 16.1. The van der Waals surface area contributed by atoms with Crippen molar-refractivity contribution in [3.63, 3.8) is 0 Å². The molecule has 2 aliphatic rings. The fourth-order valence-corrected chi connectivity index (χ4v) is 4.54. The monoisotopic (exact) mass is 383 g/mol. The van der Waals surface area contributed by atoms with Gasteiger partial charge in [0.05, 0.1) is 12.8 Å². The number of methoxy groups -OCH3 is 1. The van der Waals surface area contributed by atoms with Crippen molar-refractivity contribution in [2.45, 2.75) is 25.4 Å². The van der Waals surface area contributed by atoms with E-state index in [0.29, 0.717) is 6.04 Å². The van der Waals surface area contributed by atoms with E-state index in [1.807, 2.05) is 18.2 Å². The smallest absolute Gasteiger partial charge is 0.146 e. The molecule has 4 nitrogen and oxygen atoms in total. The minimum atomic E-state index is -0.113. The zero-order chi connectivity index (χ0) is 19.3. The lowest BCUT2D eigenvalue weighted by atomic mass is 10.0. The molecule has 0 aromatic heterocycles. The molecule has 1 atom stereocenters. The molecule has 5 heteroatoms. The molecule has 2 fully saturated rings. The van der Waals surface area contributed by atoms with Crippen molar-refractivity contribution < 1.29 is 9.13 Å². The van der Waals surface area contributed by atoms with Gasteiger partial charge in [0.25, 0.3) is 0 Å². The summed E-state index contributed by atoms with van der Waals surface area (Å²) in [4.78, 5) is 7.35. The molecule has 2 heterocycles. The Bertz CT molecular complexity index is 776. The number of hydrogen-bond acceptors (Lipinski definition) is 4. The number of rotatable bonds is 5. The molecule has 4 rings (SSSR count). The normalized spacial score (nSPS) is 21.6. The molecule has 2 aromatic rings. The van der Waals surface area contributed by atoms with Crippen LogP contribution in [0.15, 0.2) is 48.5 Å². The van der Waals surface area contributed by atoms with Crippen molar-refractivity contribution in [1.82, 2.24) is 9.80 Å². The third-order valence-electron chi connectivity index (χ3n) is 6.04. The summed E-state index contributed by atoms with van der Waals surface area (Å²) < 4.78 is 19.4. The van der Waals surface area contributed by atoms with Crippen molar-refractivity contribution in [1.29, 1.82) is 0 Å². The Hall–Kier alpha value is -2.11. The van der Waals surface area contributed by atoms with Gasteiger partial charge in [-0.25, -0.2) is 4.39 Å². The van der Waals surface area contributed by atoms with E-state index >= 15 is 0 Å². The fraction of sp³-hybridized carbons (Fsp3) is 0.478. The molecular formula is C23H30FN3O. The molecule has 0 N–H and O–H groups in total. The fourth-order valence-electron chi connectivity index (χ4n) is 4.54. The standard InChI is InChI=1S/C23H30FN3O/c1-28-21-8-4-6-19(16-21)17-25-11-5-7-20(18-25)26-12-14-27(15-13-26)23-10-3-2-9-22(23)24/h2-4,6,8-10,16,20H,5,7,11-15,17-18H2,1H3/t20-/m1/s1. The lowest BCUT2D eigenvalue weighted by molar-refractivity contribution is 0.0886. The van der Waals surface area contributed by atoms with Gasteiger partial charge in [-0.3, -0.25) is 9.80 Å². The number of likely N-dealkylation sites (tertiary alicyclic amines) is 1. The Kier molecular flexibility index (Phi) is 6.13. The van der Waals surface area contributed by atoms with Crippen molar-refractivity contribution in [3.8, 4) is 5.75 Å². The summed E-state index contributed by atoms with van der Waals surface area (Å²) in [5, 5.41) is 0. The van der Waals surface area contributed by atoms with E-state index in [1.165, 1.54) is 18.4 Å². The van der Waals surface area contributed by atoms with Gasteiger partial charge in [-0.15, -0.1) is 0 Å². The van der Waals surface area contributed by atoms with Crippen LogP contribution in [0.4, 0.5) is 10.1 Å². The number of ether oxygens (including phenoxy) is 1. The van der Waals surface area contributed by atoms with Crippen LogP contribution in [0, 0.1) is 5.82 Å². The zero-order valence-corrected chi connectivity index (χ0v) is 16.7. The maximum atomic E-state index is 14.1. The molecule has 2 saturated heterocycles. The first-order valence-corrected chi connectivity index (χ1v) is 10.3. The largest absolute Gasteiger partial charge is 0.497 e. The van der Waals surface area contributed by atoms with Crippen molar-refractivity contribution in [3.05, 3.63) is 59.9 Å². The second-order valence-electron chi connectivity index (χ2n) is 7.86. The van der Waals surface area contributed by atoms with Crippen LogP contribution < -0.4 is 9.64 Å². The Labute approximate surface area is 167 Å². The number of piperazine rings is 1. The molecular weight excluding hydrogens is 353 g/mol. The highest BCUT2D eigenvalue weighted by atomic mass is 19.1. The van der Waals surface area contributed by atoms with E-state index in [4.69, 9.17) is 4.74 Å². The zero-order valence-electron chi connectivity index (χ0n) is 16.7. The lowest BCUT2D eigenvalue weighted by Crippen LogP contribution is -2.55. The van der Waals surface area contributed by atoms with E-state index in [-0.39, 0.29) is 5.82 Å². The molecule has 0 radical (unpaired) electrons. The highest BCUT2D eigenvalue weighted by Crippen LogP contribution is 2.24. The molecule has 0 amide bonds. The first-order valence-electron chi connectivity index (χ1n) is 10.3. The van der Waals surface area contributed by atoms with Crippen molar-refractivity contribution >= 4 is 5.69 Å². The first-order chi connectivity index (χ1) is 13.7. The number of piperidine rings is 1. The quantitative estimate of drug-likeness (QED) is 0.785. The number of hydrogen-bond donors (Lipinski definition) is 0. The summed E-state index contributed by atoms with van der Waals surface area (Å²) in [6.45, 7) is 7.04. The number of nitrogens with zero attached hydrogens (tertiary/aromatic N) is 3. The van der Waals surface area contributed by atoms with Crippen LogP contribution in [0.2, 0.25) is 0 Å². The van der Waals surface area contributed by atoms with E-state index in [2.05, 4.69) is 32.9 Å². The second-order valence-corrected chi connectivity index (χ2v) is 7.86. The van der Waals surface area contributed by atoms with Gasteiger partial charge in [0.2, 0.25) is 0 Å². The maximum absolute atomic E-state index is 14.1. The number of benzene rings is 2. The van der Waals surface area contributed by atoms with Crippen LogP contribution in [-0.2, 0) is 6.54 Å². The summed E-state index contributed by atoms with van der Waals surface area (Å²) in [7, 11) is 1.72. The molecule has 2 aliphatic heterocycles. The highest BCUT2D eigenvalue weighted by molar-refractivity contribution is 5.48. The van der Waals surface area contributed by atoms with Gasteiger partial charge in [0.15, 0.2) is 0 Å². The summed E-state index contributed by atoms with van der Waals surface area (Å²) in [5.41, 5.74) is 2.05. The Morgan fingerprint density at radius 2 is 1.82 bits per heavy atom. The molecule has 150 valence electrons.